The van der Waals surface area contributed by atoms with Gasteiger partial charge in [-0.25, -0.2) is 0 Å². The molecule has 24 heavy (non-hydrogen) atoms. The molecule has 0 atom stereocenters. The van der Waals surface area contributed by atoms with Gasteiger partial charge in [-0.05, 0) is 46.9 Å². The first-order valence-electron chi connectivity index (χ1n) is 8.07. The van der Waals surface area contributed by atoms with Gasteiger partial charge in [-0.3, -0.25) is 0 Å². The molecule has 0 heterocycles. The van der Waals surface area contributed by atoms with Gasteiger partial charge in [-0.2, -0.15) is 0 Å². The molecule has 2 aromatic rings. The summed E-state index contributed by atoms with van der Waals surface area (Å²) >= 11 is 0. The second-order valence-electron chi connectivity index (χ2n) is 5.83. The molecule has 0 amide bonds. The van der Waals surface area contributed by atoms with Crippen LogP contribution in [0.5, 0.6) is 5.75 Å². The Kier molecular flexibility index (Phi) is 6.79. The van der Waals surface area contributed by atoms with Crippen molar-refractivity contribution >= 4 is 0 Å². The number of rotatable bonds is 8. The third-order valence-corrected chi connectivity index (χ3v) is 3.97. The molecule has 4 heteroatoms. The number of phenolic OH excluding ortho intramolecular Hbond substituents is 1. The van der Waals surface area contributed by atoms with Gasteiger partial charge in [0.25, 0.3) is 0 Å². The van der Waals surface area contributed by atoms with Crippen LogP contribution in [0.3, 0.4) is 0 Å². The predicted molar refractivity (Wildman–Crippen MR) is 95.1 cm³/mol. The largest absolute Gasteiger partial charge is 0.507 e. The minimum absolute atomic E-state index is 0.242. The minimum Gasteiger partial charge on any atom is -0.507 e. The van der Waals surface area contributed by atoms with Crippen LogP contribution in [-0.2, 0) is 40.5 Å². The van der Waals surface area contributed by atoms with Crippen LogP contribution in [0.4, 0.5) is 0 Å². The lowest BCUT2D eigenvalue weighted by molar-refractivity contribution is 0.174. The number of hydrogen-bond acceptors (Lipinski definition) is 4. The smallest absolute Gasteiger partial charge is 0.126 e. The number of ether oxygens (including phenoxy) is 3. The topological polar surface area (TPSA) is 47.9 Å². The van der Waals surface area contributed by atoms with Crippen LogP contribution in [0.15, 0.2) is 30.3 Å². The zero-order valence-corrected chi connectivity index (χ0v) is 14.9. The Balaban J connectivity index is 2.55. The highest BCUT2D eigenvalue weighted by Crippen LogP contribution is 2.32. The predicted octanol–water partition coefficient (Wildman–Crippen LogP) is 4.06. The number of methoxy groups -OCH3 is 3. The molecule has 0 radical (unpaired) electrons. The van der Waals surface area contributed by atoms with Crippen LogP contribution in [0.2, 0.25) is 0 Å². The third-order valence-electron chi connectivity index (χ3n) is 3.97. The number of benzene rings is 2. The summed E-state index contributed by atoms with van der Waals surface area (Å²) < 4.78 is 15.7. The monoisotopic (exact) mass is 330 g/mol. The molecule has 1 N–H and O–H groups in total. The molecule has 0 saturated heterocycles. The highest BCUT2D eigenvalue weighted by molar-refractivity contribution is 5.69. The average Bonchev–Trinajstić information content (AvgIpc) is 2.58. The van der Waals surface area contributed by atoms with Gasteiger partial charge in [0.15, 0.2) is 0 Å². The van der Waals surface area contributed by atoms with E-state index in [4.69, 9.17) is 14.2 Å². The Bertz CT molecular complexity index is 652. The fraction of sp³-hybridized carbons (Fsp3) is 0.400. The van der Waals surface area contributed by atoms with Crippen molar-refractivity contribution in [3.8, 4) is 16.9 Å². The van der Waals surface area contributed by atoms with Crippen molar-refractivity contribution in [1.82, 2.24) is 0 Å². The Morgan fingerprint density at radius 2 is 1.21 bits per heavy atom. The van der Waals surface area contributed by atoms with Crippen LogP contribution >= 0.6 is 0 Å². The average molecular weight is 330 g/mol. The number of phenols is 1. The maximum absolute atomic E-state index is 10.4. The quantitative estimate of drug-likeness (QED) is 0.793. The van der Waals surface area contributed by atoms with Crippen molar-refractivity contribution in [2.24, 2.45) is 0 Å². The maximum atomic E-state index is 10.4. The molecule has 2 rings (SSSR count). The summed E-state index contributed by atoms with van der Waals surface area (Å²) in [5.74, 6) is 0.242. The van der Waals surface area contributed by atoms with E-state index in [0.29, 0.717) is 19.8 Å². The van der Waals surface area contributed by atoms with E-state index in [1.165, 1.54) is 5.56 Å². The molecular weight excluding hydrogens is 304 g/mol. The number of hydrogen-bond donors (Lipinski definition) is 1. The van der Waals surface area contributed by atoms with Gasteiger partial charge < -0.3 is 19.3 Å². The third kappa shape index (κ3) is 4.35. The van der Waals surface area contributed by atoms with Crippen LogP contribution in [0.1, 0.15) is 29.2 Å². The second kappa shape index (κ2) is 8.83. The summed E-state index contributed by atoms with van der Waals surface area (Å²) in [6.07, 6.45) is 0.957. The Morgan fingerprint density at radius 1 is 0.708 bits per heavy atom. The van der Waals surface area contributed by atoms with E-state index in [9.17, 15) is 5.11 Å². The SMILES string of the molecule is CCc1cc(COC)cc(-c2cc(COC)c(O)c(COC)c2)c1. The van der Waals surface area contributed by atoms with Crippen molar-refractivity contribution in [3.63, 3.8) is 0 Å². The van der Waals surface area contributed by atoms with E-state index in [0.717, 1.165) is 34.2 Å². The van der Waals surface area contributed by atoms with E-state index in [2.05, 4.69) is 25.1 Å². The van der Waals surface area contributed by atoms with Crippen molar-refractivity contribution < 1.29 is 19.3 Å². The van der Waals surface area contributed by atoms with E-state index in [-0.39, 0.29) is 5.75 Å². The summed E-state index contributed by atoms with van der Waals surface area (Å²) in [5.41, 5.74) is 6.07. The number of aryl methyl sites for hydroxylation is 1. The molecule has 0 aliphatic carbocycles. The van der Waals surface area contributed by atoms with Gasteiger partial charge in [0, 0.05) is 32.5 Å². The minimum atomic E-state index is 0.242. The van der Waals surface area contributed by atoms with E-state index < -0.39 is 0 Å². The summed E-state index contributed by atoms with van der Waals surface area (Å²) in [7, 11) is 4.94. The van der Waals surface area contributed by atoms with E-state index in [1.807, 2.05) is 12.1 Å². The molecule has 0 unspecified atom stereocenters. The van der Waals surface area contributed by atoms with Gasteiger partial charge in [-0.15, -0.1) is 0 Å². The molecule has 0 spiro atoms. The Hall–Kier alpha value is -1.88. The summed E-state index contributed by atoms with van der Waals surface area (Å²) in [5, 5.41) is 10.4. The first kappa shape index (κ1) is 18.5. The fourth-order valence-corrected chi connectivity index (χ4v) is 2.84. The van der Waals surface area contributed by atoms with Gasteiger partial charge in [0.05, 0.1) is 19.8 Å². The zero-order valence-electron chi connectivity index (χ0n) is 14.9. The highest BCUT2D eigenvalue weighted by atomic mass is 16.5. The standard InChI is InChI=1S/C20H26O4/c1-5-14-6-15(11-22-2)8-16(7-14)17-9-18(12-23-3)20(21)19(10-17)13-24-4/h6-10,21H,5,11-13H2,1-4H3. The van der Waals surface area contributed by atoms with Crippen molar-refractivity contribution in [2.75, 3.05) is 21.3 Å². The van der Waals surface area contributed by atoms with Crippen molar-refractivity contribution in [2.45, 2.75) is 33.2 Å². The Morgan fingerprint density at radius 3 is 1.71 bits per heavy atom. The summed E-state index contributed by atoms with van der Waals surface area (Å²) in [4.78, 5) is 0. The van der Waals surface area contributed by atoms with Gasteiger partial charge in [-0.1, -0.05) is 19.1 Å². The first-order valence-corrected chi connectivity index (χ1v) is 8.07. The number of aromatic hydroxyl groups is 1. The molecule has 0 aliphatic rings. The van der Waals surface area contributed by atoms with Gasteiger partial charge in [0.1, 0.15) is 5.75 Å². The van der Waals surface area contributed by atoms with Gasteiger partial charge in [0.2, 0.25) is 0 Å². The lowest BCUT2D eigenvalue weighted by Gasteiger charge is -2.14. The molecule has 4 nitrogen and oxygen atoms in total. The van der Waals surface area contributed by atoms with Crippen LogP contribution in [0, 0.1) is 0 Å². The van der Waals surface area contributed by atoms with Crippen molar-refractivity contribution in [3.05, 3.63) is 52.6 Å². The Labute approximate surface area is 144 Å². The molecule has 0 bridgehead atoms. The van der Waals surface area contributed by atoms with Crippen LogP contribution < -0.4 is 0 Å². The van der Waals surface area contributed by atoms with Crippen LogP contribution in [0.25, 0.3) is 11.1 Å². The van der Waals surface area contributed by atoms with Crippen molar-refractivity contribution in [1.29, 1.82) is 0 Å². The molecule has 0 aromatic heterocycles. The summed E-state index contributed by atoms with van der Waals surface area (Å²) in [6, 6.07) is 10.4. The lowest BCUT2D eigenvalue weighted by Crippen LogP contribution is -1.98. The first-order chi connectivity index (χ1) is 11.6. The molecule has 130 valence electrons. The molecule has 0 fully saturated rings. The normalized spacial score (nSPS) is 11.0. The summed E-state index contributed by atoms with van der Waals surface area (Å²) in [6.45, 7) is 3.43. The fourth-order valence-electron chi connectivity index (χ4n) is 2.84. The van der Waals surface area contributed by atoms with Crippen LogP contribution in [-0.4, -0.2) is 26.4 Å². The second-order valence-corrected chi connectivity index (χ2v) is 5.83. The highest BCUT2D eigenvalue weighted by Gasteiger charge is 2.12. The zero-order chi connectivity index (χ0) is 17.5. The molecule has 0 aliphatic heterocycles. The van der Waals surface area contributed by atoms with Gasteiger partial charge >= 0.3 is 0 Å². The lowest BCUT2D eigenvalue weighted by atomic mass is 9.95. The maximum Gasteiger partial charge on any atom is 0.126 e. The molecule has 0 saturated carbocycles. The molecule has 2 aromatic carbocycles. The molecular formula is C20H26O4. The van der Waals surface area contributed by atoms with E-state index in [1.54, 1.807) is 21.3 Å². The van der Waals surface area contributed by atoms with E-state index >= 15 is 0 Å².